The maximum Gasteiger partial charge on any atom is 0.308 e. The van der Waals surface area contributed by atoms with Crippen LogP contribution in [0.5, 0.6) is 17.2 Å². The number of carbonyl (C=O) groups is 2. The van der Waals surface area contributed by atoms with E-state index in [1.54, 1.807) is 7.11 Å². The molecule has 0 aromatic heterocycles. The van der Waals surface area contributed by atoms with Gasteiger partial charge in [0.2, 0.25) is 12.7 Å². The van der Waals surface area contributed by atoms with Gasteiger partial charge in [0.15, 0.2) is 11.5 Å². The fourth-order valence-corrected chi connectivity index (χ4v) is 6.26. The van der Waals surface area contributed by atoms with Crippen molar-refractivity contribution >= 4 is 11.9 Å². The number of hydrogen-bond acceptors (Lipinski definition) is 7. The van der Waals surface area contributed by atoms with Gasteiger partial charge in [0, 0.05) is 31.6 Å². The van der Waals surface area contributed by atoms with E-state index in [9.17, 15) is 14.7 Å². The SMILES string of the molecule is CCCCN(CCCCN(C)C)C(=O)CN1C[C@H](c2ccc3c(c2)OCO3)[C@@H](C(=O)O)[C@@H]1CCc1ccccc1OC. The molecule has 4 rings (SSSR count). The Morgan fingerprint density at radius 2 is 1.76 bits per heavy atom. The van der Waals surface area contributed by atoms with E-state index in [2.05, 4.69) is 30.8 Å². The number of nitrogens with zero attached hydrogens (tertiary/aromatic N) is 3. The fourth-order valence-electron chi connectivity index (χ4n) is 6.26. The maximum atomic E-state index is 13.8. The third kappa shape index (κ3) is 7.95. The molecule has 2 aliphatic rings. The lowest BCUT2D eigenvalue weighted by Crippen LogP contribution is -2.45. The molecule has 230 valence electrons. The Hall–Kier alpha value is -3.30. The van der Waals surface area contributed by atoms with E-state index >= 15 is 0 Å². The molecular formula is C33H47N3O6. The van der Waals surface area contributed by atoms with Gasteiger partial charge < -0.3 is 29.1 Å². The number of methoxy groups -OCH3 is 1. The highest BCUT2D eigenvalue weighted by Gasteiger charge is 2.47. The topological polar surface area (TPSA) is 91.8 Å². The van der Waals surface area contributed by atoms with Gasteiger partial charge in [-0.2, -0.15) is 0 Å². The fraction of sp³-hybridized carbons (Fsp3) is 0.576. The van der Waals surface area contributed by atoms with Gasteiger partial charge in [-0.15, -0.1) is 0 Å². The number of unbranched alkanes of at least 4 members (excludes halogenated alkanes) is 2. The Labute approximate surface area is 250 Å². The molecule has 1 saturated heterocycles. The highest BCUT2D eigenvalue weighted by atomic mass is 16.7. The minimum Gasteiger partial charge on any atom is -0.496 e. The standard InChI is InChI=1S/C33H47N3O6/c1-5-6-18-35(19-10-9-17-34(2)3)31(37)22-36-21-26(25-14-16-29-30(20-25)42-23-41-29)32(33(38)39)27(36)15-13-24-11-7-8-12-28(24)40-4/h7-8,11-12,14,16,20,26-27,32H,5-6,9-10,13,15,17-19,21-23H2,1-4H3,(H,38,39)/t26-,27+,32-/m1/s1. The van der Waals surface area contributed by atoms with Crippen LogP contribution in [0.3, 0.4) is 0 Å². The third-order valence-corrected chi connectivity index (χ3v) is 8.52. The molecule has 1 N–H and O–H groups in total. The molecule has 1 amide bonds. The number of benzene rings is 2. The Kier molecular flexibility index (Phi) is 11.5. The minimum atomic E-state index is -0.843. The number of hydrogen-bond donors (Lipinski definition) is 1. The van der Waals surface area contributed by atoms with Crippen molar-refractivity contribution < 1.29 is 28.9 Å². The molecule has 2 aliphatic heterocycles. The van der Waals surface area contributed by atoms with Crippen LogP contribution in [0.1, 0.15) is 56.1 Å². The van der Waals surface area contributed by atoms with E-state index in [0.29, 0.717) is 30.9 Å². The highest BCUT2D eigenvalue weighted by Crippen LogP contribution is 2.43. The lowest BCUT2D eigenvalue weighted by molar-refractivity contribution is -0.143. The largest absolute Gasteiger partial charge is 0.496 e. The molecule has 3 atom stereocenters. The molecule has 2 aromatic carbocycles. The number of carbonyl (C=O) groups excluding carboxylic acids is 1. The van der Waals surface area contributed by atoms with Crippen molar-refractivity contribution in [3.63, 3.8) is 0 Å². The zero-order valence-electron chi connectivity index (χ0n) is 25.6. The van der Waals surface area contributed by atoms with E-state index in [1.165, 1.54) is 0 Å². The predicted octanol–water partition coefficient (Wildman–Crippen LogP) is 4.50. The number of fused-ring (bicyclic) bond motifs is 1. The maximum absolute atomic E-state index is 13.8. The number of likely N-dealkylation sites (tertiary alicyclic amines) is 1. The number of aryl methyl sites for hydroxylation is 1. The molecule has 0 bridgehead atoms. The van der Waals surface area contributed by atoms with Gasteiger partial charge in [-0.05, 0) is 82.1 Å². The van der Waals surface area contributed by atoms with E-state index in [4.69, 9.17) is 14.2 Å². The molecule has 2 aromatic rings. The first kappa shape index (κ1) is 31.6. The summed E-state index contributed by atoms with van der Waals surface area (Å²) in [7, 11) is 5.78. The Bertz CT molecular complexity index is 1190. The summed E-state index contributed by atoms with van der Waals surface area (Å²) in [6, 6.07) is 13.2. The van der Waals surface area contributed by atoms with Gasteiger partial charge in [-0.25, -0.2) is 0 Å². The van der Waals surface area contributed by atoms with Crippen LogP contribution in [-0.4, -0.2) is 98.4 Å². The lowest BCUT2D eigenvalue weighted by atomic mass is 9.83. The third-order valence-electron chi connectivity index (χ3n) is 8.52. The summed E-state index contributed by atoms with van der Waals surface area (Å²) in [5.41, 5.74) is 1.93. The summed E-state index contributed by atoms with van der Waals surface area (Å²) in [5.74, 6) is 0.383. The molecule has 9 heteroatoms. The first-order valence-electron chi connectivity index (χ1n) is 15.2. The second-order valence-corrected chi connectivity index (χ2v) is 11.7. The van der Waals surface area contributed by atoms with Crippen LogP contribution >= 0.6 is 0 Å². The second-order valence-electron chi connectivity index (χ2n) is 11.7. The summed E-state index contributed by atoms with van der Waals surface area (Å²) in [5, 5.41) is 10.6. The number of rotatable bonds is 16. The molecule has 2 heterocycles. The number of carboxylic acid groups (broad SMARTS) is 1. The molecule has 1 fully saturated rings. The average Bonchev–Trinajstić information content (AvgIpc) is 3.59. The molecule has 0 radical (unpaired) electrons. The number of carboxylic acids is 1. The zero-order valence-corrected chi connectivity index (χ0v) is 25.6. The van der Waals surface area contributed by atoms with Crippen molar-refractivity contribution in [2.24, 2.45) is 5.92 Å². The van der Waals surface area contributed by atoms with Crippen molar-refractivity contribution in [2.75, 3.05) is 60.7 Å². The van der Waals surface area contributed by atoms with Crippen molar-refractivity contribution in [3.8, 4) is 17.2 Å². The van der Waals surface area contributed by atoms with Crippen LogP contribution in [0, 0.1) is 5.92 Å². The van der Waals surface area contributed by atoms with E-state index in [1.807, 2.05) is 47.4 Å². The van der Waals surface area contributed by atoms with Crippen LogP contribution in [0.15, 0.2) is 42.5 Å². The quantitative estimate of drug-likeness (QED) is 0.290. The van der Waals surface area contributed by atoms with Crippen LogP contribution in [0.4, 0.5) is 0 Å². The number of ether oxygens (including phenoxy) is 3. The molecule has 0 spiro atoms. The summed E-state index contributed by atoms with van der Waals surface area (Å²) >= 11 is 0. The van der Waals surface area contributed by atoms with Crippen molar-refractivity contribution in [1.29, 1.82) is 0 Å². The van der Waals surface area contributed by atoms with Crippen molar-refractivity contribution in [1.82, 2.24) is 14.7 Å². The van der Waals surface area contributed by atoms with Gasteiger partial charge in [-0.3, -0.25) is 14.5 Å². The summed E-state index contributed by atoms with van der Waals surface area (Å²) in [6.07, 6.45) is 5.20. The Morgan fingerprint density at radius 1 is 1.02 bits per heavy atom. The molecule has 42 heavy (non-hydrogen) atoms. The monoisotopic (exact) mass is 581 g/mol. The molecular weight excluding hydrogens is 534 g/mol. The number of para-hydroxylation sites is 1. The van der Waals surface area contributed by atoms with Gasteiger partial charge in [0.05, 0.1) is 19.6 Å². The molecule has 0 aliphatic carbocycles. The average molecular weight is 582 g/mol. The van der Waals surface area contributed by atoms with Gasteiger partial charge in [0.25, 0.3) is 0 Å². The van der Waals surface area contributed by atoms with E-state index in [0.717, 1.165) is 62.2 Å². The second kappa shape index (κ2) is 15.3. The van der Waals surface area contributed by atoms with Gasteiger partial charge in [-0.1, -0.05) is 37.6 Å². The van der Waals surface area contributed by atoms with Crippen molar-refractivity contribution in [2.45, 2.75) is 57.4 Å². The van der Waals surface area contributed by atoms with Crippen LogP contribution in [0.2, 0.25) is 0 Å². The smallest absolute Gasteiger partial charge is 0.308 e. The summed E-state index contributed by atoms with van der Waals surface area (Å²) in [4.78, 5) is 33.0. The van der Waals surface area contributed by atoms with E-state index < -0.39 is 11.9 Å². The van der Waals surface area contributed by atoms with Crippen LogP contribution in [0.25, 0.3) is 0 Å². The summed E-state index contributed by atoms with van der Waals surface area (Å²) in [6.45, 7) is 5.43. The zero-order chi connectivity index (χ0) is 30.1. The van der Waals surface area contributed by atoms with Crippen LogP contribution < -0.4 is 14.2 Å². The first-order valence-corrected chi connectivity index (χ1v) is 15.2. The number of amides is 1. The molecule has 0 saturated carbocycles. The summed E-state index contributed by atoms with van der Waals surface area (Å²) < 4.78 is 16.7. The Morgan fingerprint density at radius 3 is 2.50 bits per heavy atom. The highest BCUT2D eigenvalue weighted by molar-refractivity contribution is 5.79. The molecule has 9 nitrogen and oxygen atoms in total. The van der Waals surface area contributed by atoms with Gasteiger partial charge in [0.1, 0.15) is 5.75 Å². The first-order chi connectivity index (χ1) is 20.3. The van der Waals surface area contributed by atoms with Gasteiger partial charge >= 0.3 is 5.97 Å². The van der Waals surface area contributed by atoms with Crippen LogP contribution in [-0.2, 0) is 16.0 Å². The predicted molar refractivity (Wildman–Crippen MR) is 162 cm³/mol. The number of aliphatic carboxylic acids is 1. The Balaban J connectivity index is 1.57. The van der Waals surface area contributed by atoms with Crippen molar-refractivity contribution in [3.05, 3.63) is 53.6 Å². The molecule has 0 unspecified atom stereocenters. The van der Waals surface area contributed by atoms with E-state index in [-0.39, 0.29) is 31.2 Å². The normalized spacial score (nSPS) is 19.8. The lowest BCUT2D eigenvalue weighted by Gasteiger charge is -2.30. The minimum absolute atomic E-state index is 0.0751.